The third kappa shape index (κ3) is 6.14. The summed E-state index contributed by atoms with van der Waals surface area (Å²) >= 11 is 0. The van der Waals surface area contributed by atoms with Crippen molar-refractivity contribution in [1.82, 2.24) is 14.9 Å². The average molecular weight is 430 g/mol. The van der Waals surface area contributed by atoms with E-state index in [1.165, 1.54) is 10.6 Å². The van der Waals surface area contributed by atoms with Gasteiger partial charge in [0.1, 0.15) is 0 Å². The van der Waals surface area contributed by atoms with Gasteiger partial charge in [-0.2, -0.15) is 0 Å². The molecule has 1 saturated heterocycles. The minimum absolute atomic E-state index is 0.0674. The second-order valence-electron chi connectivity index (χ2n) is 7.53. The molecule has 1 fully saturated rings. The van der Waals surface area contributed by atoms with E-state index in [0.717, 1.165) is 12.0 Å². The van der Waals surface area contributed by atoms with Crippen molar-refractivity contribution in [3.63, 3.8) is 0 Å². The monoisotopic (exact) mass is 429 g/mol. The number of nitrogens with one attached hydrogen (secondary N) is 2. The number of hydrogen-bond acceptors (Lipinski definition) is 4. The van der Waals surface area contributed by atoms with Gasteiger partial charge < -0.3 is 10.6 Å². The van der Waals surface area contributed by atoms with E-state index in [0.29, 0.717) is 18.5 Å². The van der Waals surface area contributed by atoms with Crippen LogP contribution in [0.3, 0.4) is 0 Å². The van der Waals surface area contributed by atoms with E-state index < -0.39 is 16.1 Å². The van der Waals surface area contributed by atoms with Crippen LogP contribution in [0.2, 0.25) is 0 Å². The van der Waals surface area contributed by atoms with Crippen LogP contribution in [-0.4, -0.2) is 49.9 Å². The Labute approximate surface area is 177 Å². The number of sulfonamides is 1. The summed E-state index contributed by atoms with van der Waals surface area (Å²) in [4.78, 5) is 25.4. The summed E-state index contributed by atoms with van der Waals surface area (Å²) in [6.45, 7) is 0.752. The molecule has 1 aliphatic rings. The molecule has 8 heteroatoms. The van der Waals surface area contributed by atoms with Gasteiger partial charge in [0.15, 0.2) is 0 Å². The number of hydrogen-bond donors (Lipinski definition) is 2. The maximum absolute atomic E-state index is 12.7. The fraction of sp³-hybridized carbons (Fsp3) is 0.364. The number of rotatable bonds is 7. The summed E-state index contributed by atoms with van der Waals surface area (Å²) in [6, 6.07) is 17.5. The van der Waals surface area contributed by atoms with E-state index in [9.17, 15) is 18.0 Å². The molecule has 0 saturated carbocycles. The van der Waals surface area contributed by atoms with Crippen molar-refractivity contribution in [2.75, 3.05) is 19.3 Å². The maximum atomic E-state index is 12.7. The van der Waals surface area contributed by atoms with Crippen LogP contribution < -0.4 is 10.6 Å². The van der Waals surface area contributed by atoms with Crippen molar-refractivity contribution in [2.45, 2.75) is 31.3 Å². The molecule has 0 bridgehead atoms. The van der Waals surface area contributed by atoms with Crippen LogP contribution in [0, 0.1) is 0 Å². The molecule has 7 nitrogen and oxygen atoms in total. The van der Waals surface area contributed by atoms with Crippen LogP contribution in [0.4, 0.5) is 0 Å². The second-order valence-corrected chi connectivity index (χ2v) is 9.52. The van der Waals surface area contributed by atoms with Gasteiger partial charge in [-0.05, 0) is 30.5 Å². The van der Waals surface area contributed by atoms with E-state index in [-0.39, 0.29) is 30.8 Å². The summed E-state index contributed by atoms with van der Waals surface area (Å²) in [7, 11) is -3.28. The first-order valence-electron chi connectivity index (χ1n) is 9.98. The van der Waals surface area contributed by atoms with E-state index in [2.05, 4.69) is 10.6 Å². The summed E-state index contributed by atoms with van der Waals surface area (Å²) in [5, 5.41) is 5.88. The summed E-state index contributed by atoms with van der Waals surface area (Å²) in [5.74, 6) is -0.476. The topological polar surface area (TPSA) is 95.6 Å². The Morgan fingerprint density at radius 3 is 2.33 bits per heavy atom. The summed E-state index contributed by atoms with van der Waals surface area (Å²) in [6.07, 6.45) is 2.68. The van der Waals surface area contributed by atoms with Crippen LogP contribution in [0.15, 0.2) is 60.7 Å². The van der Waals surface area contributed by atoms with Crippen molar-refractivity contribution in [3.05, 3.63) is 71.8 Å². The standard InChI is InChI=1S/C22H27N3O4S/c1-30(28,29)25-14-8-13-19(16-25)23-21(26)15-20(17-9-4-2-5-10-17)24-22(27)18-11-6-3-7-12-18/h2-7,9-12,19-20H,8,13-16H2,1H3,(H,23,26)(H,24,27)/t19-,20-/m1/s1. The number of piperidine rings is 1. The first-order chi connectivity index (χ1) is 14.3. The van der Waals surface area contributed by atoms with Crippen LogP contribution in [0.5, 0.6) is 0 Å². The van der Waals surface area contributed by atoms with Crippen molar-refractivity contribution >= 4 is 21.8 Å². The molecule has 2 aromatic carbocycles. The number of carbonyl (C=O) groups excluding carboxylic acids is 2. The normalized spacial score (nSPS) is 18.4. The first kappa shape index (κ1) is 22.0. The minimum Gasteiger partial charge on any atom is -0.352 e. The van der Waals surface area contributed by atoms with Crippen molar-refractivity contribution in [3.8, 4) is 0 Å². The molecule has 0 radical (unpaired) electrons. The zero-order valence-corrected chi connectivity index (χ0v) is 17.8. The molecule has 2 aromatic rings. The van der Waals surface area contributed by atoms with Gasteiger partial charge >= 0.3 is 0 Å². The number of benzene rings is 2. The third-order valence-corrected chi connectivity index (χ3v) is 6.42. The number of amides is 2. The van der Waals surface area contributed by atoms with Crippen molar-refractivity contribution < 1.29 is 18.0 Å². The zero-order chi connectivity index (χ0) is 21.6. The molecule has 0 aromatic heterocycles. The molecule has 0 spiro atoms. The Bertz CT molecular complexity index is 964. The Kier molecular flexibility index (Phi) is 7.23. The van der Waals surface area contributed by atoms with Crippen LogP contribution in [-0.2, 0) is 14.8 Å². The number of carbonyl (C=O) groups is 2. The van der Waals surface area contributed by atoms with Gasteiger partial charge in [-0.25, -0.2) is 12.7 Å². The molecular weight excluding hydrogens is 402 g/mol. The predicted molar refractivity (Wildman–Crippen MR) is 115 cm³/mol. The largest absolute Gasteiger partial charge is 0.352 e. The highest BCUT2D eigenvalue weighted by Gasteiger charge is 2.28. The van der Waals surface area contributed by atoms with Gasteiger partial charge in [0, 0.05) is 24.7 Å². The molecule has 0 unspecified atom stereocenters. The molecule has 30 heavy (non-hydrogen) atoms. The second kappa shape index (κ2) is 9.86. The van der Waals surface area contributed by atoms with Crippen LogP contribution in [0.1, 0.15) is 41.2 Å². The molecule has 0 aliphatic carbocycles. The van der Waals surface area contributed by atoms with Crippen molar-refractivity contribution in [2.24, 2.45) is 0 Å². The van der Waals surface area contributed by atoms with Gasteiger partial charge in [-0.15, -0.1) is 0 Å². The maximum Gasteiger partial charge on any atom is 0.251 e. The lowest BCUT2D eigenvalue weighted by Crippen LogP contribution is -2.49. The van der Waals surface area contributed by atoms with Gasteiger partial charge in [0.05, 0.1) is 18.7 Å². The van der Waals surface area contributed by atoms with Crippen molar-refractivity contribution in [1.29, 1.82) is 0 Å². The first-order valence-corrected chi connectivity index (χ1v) is 11.8. The predicted octanol–water partition coefficient (Wildman–Crippen LogP) is 2.09. The minimum atomic E-state index is -3.28. The quantitative estimate of drug-likeness (QED) is 0.705. The lowest BCUT2D eigenvalue weighted by molar-refractivity contribution is -0.122. The van der Waals surface area contributed by atoms with E-state index >= 15 is 0 Å². The van der Waals surface area contributed by atoms with Crippen LogP contribution >= 0.6 is 0 Å². The van der Waals surface area contributed by atoms with E-state index in [1.807, 2.05) is 36.4 Å². The zero-order valence-electron chi connectivity index (χ0n) is 17.0. The average Bonchev–Trinajstić information content (AvgIpc) is 2.74. The van der Waals surface area contributed by atoms with Gasteiger partial charge in [-0.3, -0.25) is 9.59 Å². The summed E-state index contributed by atoms with van der Waals surface area (Å²) < 4.78 is 25.0. The van der Waals surface area contributed by atoms with Crippen LogP contribution in [0.25, 0.3) is 0 Å². The Hall–Kier alpha value is -2.71. The fourth-order valence-corrected chi connectivity index (χ4v) is 4.51. The molecule has 2 amide bonds. The molecular formula is C22H27N3O4S. The van der Waals surface area contributed by atoms with Gasteiger partial charge in [0.25, 0.3) is 5.91 Å². The third-order valence-electron chi connectivity index (χ3n) is 5.15. The molecule has 3 rings (SSSR count). The highest BCUT2D eigenvalue weighted by atomic mass is 32.2. The smallest absolute Gasteiger partial charge is 0.251 e. The Morgan fingerprint density at radius 2 is 1.70 bits per heavy atom. The fourth-order valence-electron chi connectivity index (χ4n) is 3.60. The highest BCUT2D eigenvalue weighted by Crippen LogP contribution is 2.19. The SMILES string of the molecule is CS(=O)(=O)N1CCC[C@@H](NC(=O)C[C@@H](NC(=O)c2ccccc2)c2ccccc2)C1. The molecule has 1 aliphatic heterocycles. The molecule has 1 heterocycles. The Balaban J connectivity index is 1.67. The molecule has 2 atom stereocenters. The number of nitrogens with zero attached hydrogens (tertiary/aromatic N) is 1. The lowest BCUT2D eigenvalue weighted by Gasteiger charge is -2.31. The molecule has 2 N–H and O–H groups in total. The Morgan fingerprint density at radius 1 is 1.07 bits per heavy atom. The van der Waals surface area contributed by atoms with E-state index in [4.69, 9.17) is 0 Å². The highest BCUT2D eigenvalue weighted by molar-refractivity contribution is 7.88. The van der Waals surface area contributed by atoms with E-state index in [1.54, 1.807) is 24.3 Å². The molecule has 160 valence electrons. The lowest BCUT2D eigenvalue weighted by atomic mass is 10.0. The summed E-state index contributed by atoms with van der Waals surface area (Å²) in [5.41, 5.74) is 1.35. The van der Waals surface area contributed by atoms with Gasteiger partial charge in [-0.1, -0.05) is 48.5 Å². The van der Waals surface area contributed by atoms with Gasteiger partial charge in [0.2, 0.25) is 15.9 Å².